The summed E-state index contributed by atoms with van der Waals surface area (Å²) in [4.78, 5) is 15.8. The Morgan fingerprint density at radius 2 is 2.29 bits per heavy atom. The summed E-state index contributed by atoms with van der Waals surface area (Å²) in [5.74, 6) is 0.221. The first-order valence-electron chi connectivity index (χ1n) is 5.23. The molecular formula is C12H14ClN3O. The summed E-state index contributed by atoms with van der Waals surface area (Å²) in [5, 5.41) is 11.5. The van der Waals surface area contributed by atoms with Crippen LogP contribution in [-0.4, -0.2) is 22.3 Å². The van der Waals surface area contributed by atoms with Crippen LogP contribution in [0.3, 0.4) is 0 Å². The van der Waals surface area contributed by atoms with Gasteiger partial charge in [0.25, 0.3) is 5.91 Å². The Kier molecular flexibility index (Phi) is 4.47. The monoisotopic (exact) mass is 251 g/mol. The number of nitrogens with zero attached hydrogens (tertiary/aromatic N) is 2. The molecule has 0 atom stereocenters. The molecule has 1 N–H and O–H groups in total. The molecule has 0 aromatic carbocycles. The van der Waals surface area contributed by atoms with Crippen molar-refractivity contribution in [2.75, 3.05) is 5.88 Å². The number of aromatic nitrogens is 1. The fraction of sp³-hybridized carbons (Fsp3) is 0.417. The van der Waals surface area contributed by atoms with Gasteiger partial charge in [0.1, 0.15) is 11.8 Å². The van der Waals surface area contributed by atoms with Crippen molar-refractivity contribution in [2.45, 2.75) is 25.8 Å². The lowest BCUT2D eigenvalue weighted by Gasteiger charge is -2.24. The zero-order valence-corrected chi connectivity index (χ0v) is 10.6. The minimum Gasteiger partial charge on any atom is -0.346 e. The van der Waals surface area contributed by atoms with Gasteiger partial charge in [-0.25, -0.2) is 4.98 Å². The molecule has 0 aliphatic carbocycles. The smallest absolute Gasteiger partial charge is 0.270 e. The van der Waals surface area contributed by atoms with E-state index in [1.54, 1.807) is 6.07 Å². The lowest BCUT2D eigenvalue weighted by Crippen LogP contribution is -2.44. The van der Waals surface area contributed by atoms with Crippen molar-refractivity contribution in [3.05, 3.63) is 29.6 Å². The number of halogens is 1. The second-order valence-electron chi connectivity index (χ2n) is 4.32. The van der Waals surface area contributed by atoms with Crippen molar-refractivity contribution in [3.63, 3.8) is 0 Å². The third kappa shape index (κ3) is 4.04. The zero-order valence-electron chi connectivity index (χ0n) is 9.83. The van der Waals surface area contributed by atoms with E-state index < -0.39 is 0 Å². The van der Waals surface area contributed by atoms with Crippen LogP contribution in [0.4, 0.5) is 0 Å². The number of amides is 1. The van der Waals surface area contributed by atoms with Crippen molar-refractivity contribution in [1.29, 1.82) is 5.26 Å². The predicted molar refractivity (Wildman–Crippen MR) is 65.8 cm³/mol. The maximum Gasteiger partial charge on any atom is 0.270 e. The average molecular weight is 252 g/mol. The minimum atomic E-state index is -0.367. The normalized spacial score (nSPS) is 10.7. The van der Waals surface area contributed by atoms with E-state index in [1.807, 2.05) is 19.9 Å². The molecule has 0 bridgehead atoms. The molecule has 0 aliphatic heterocycles. The molecule has 0 fully saturated rings. The van der Waals surface area contributed by atoms with E-state index in [4.69, 9.17) is 16.9 Å². The van der Waals surface area contributed by atoms with Crippen LogP contribution < -0.4 is 5.32 Å². The highest BCUT2D eigenvalue weighted by molar-refractivity contribution is 6.17. The molecule has 4 nitrogen and oxygen atoms in total. The summed E-state index contributed by atoms with van der Waals surface area (Å²) in [7, 11) is 0. The van der Waals surface area contributed by atoms with Crippen LogP contribution in [0.5, 0.6) is 0 Å². The second kappa shape index (κ2) is 5.65. The highest BCUT2D eigenvalue weighted by Gasteiger charge is 2.20. The molecule has 0 aliphatic rings. The number of hydrogen-bond donors (Lipinski definition) is 1. The summed E-state index contributed by atoms with van der Waals surface area (Å²) in [5.41, 5.74) is 0.363. The summed E-state index contributed by atoms with van der Waals surface area (Å²) in [6.45, 7) is 3.80. The summed E-state index contributed by atoms with van der Waals surface area (Å²) in [6, 6.07) is 5.05. The van der Waals surface area contributed by atoms with Gasteiger partial charge in [0.15, 0.2) is 0 Å². The van der Waals surface area contributed by atoms with E-state index in [9.17, 15) is 4.79 Å². The molecule has 0 radical (unpaired) electrons. The maximum atomic E-state index is 11.8. The van der Waals surface area contributed by atoms with Gasteiger partial charge in [-0.2, -0.15) is 5.26 Å². The lowest BCUT2D eigenvalue weighted by molar-refractivity contribution is 0.0906. The number of hydrogen-bond acceptors (Lipinski definition) is 3. The highest BCUT2D eigenvalue weighted by atomic mass is 35.5. The van der Waals surface area contributed by atoms with Crippen LogP contribution in [0.15, 0.2) is 18.3 Å². The third-order valence-corrected chi connectivity index (χ3v) is 2.49. The number of nitrogens with one attached hydrogen (secondary N) is 1. The lowest BCUT2D eigenvalue weighted by atomic mass is 10.0. The molecule has 1 heterocycles. The molecule has 90 valence electrons. The standard InChI is InChI=1S/C12H14ClN3O/c1-12(2,5-6-13)16-11(17)10-4-3-9(7-14)8-15-10/h3-4,8H,5-6H2,1-2H3,(H,16,17). The van der Waals surface area contributed by atoms with Crippen molar-refractivity contribution >= 4 is 17.5 Å². The Morgan fingerprint density at radius 3 is 2.76 bits per heavy atom. The number of carbonyl (C=O) groups excluding carboxylic acids is 1. The maximum absolute atomic E-state index is 11.8. The molecule has 5 heteroatoms. The second-order valence-corrected chi connectivity index (χ2v) is 4.70. The molecule has 1 amide bonds. The molecule has 0 spiro atoms. The van der Waals surface area contributed by atoms with Gasteiger partial charge in [0.05, 0.1) is 5.56 Å². The van der Waals surface area contributed by atoms with Gasteiger partial charge in [0, 0.05) is 17.6 Å². The van der Waals surface area contributed by atoms with Crippen LogP contribution >= 0.6 is 11.6 Å². The first-order chi connectivity index (χ1) is 7.98. The number of alkyl halides is 1. The SMILES string of the molecule is CC(C)(CCCl)NC(=O)c1ccc(C#N)cn1. The molecule has 1 aromatic rings. The van der Waals surface area contributed by atoms with E-state index in [2.05, 4.69) is 10.3 Å². The average Bonchev–Trinajstić information content (AvgIpc) is 2.28. The van der Waals surface area contributed by atoms with Crippen LogP contribution in [0, 0.1) is 11.3 Å². The predicted octanol–water partition coefficient (Wildman–Crippen LogP) is 2.09. The number of nitriles is 1. The third-order valence-electron chi connectivity index (χ3n) is 2.30. The molecule has 0 saturated carbocycles. The first-order valence-corrected chi connectivity index (χ1v) is 5.76. The Labute approximate surface area is 106 Å². The van der Waals surface area contributed by atoms with E-state index >= 15 is 0 Å². The van der Waals surface area contributed by atoms with Crippen LogP contribution in [0.25, 0.3) is 0 Å². The first kappa shape index (κ1) is 13.5. The van der Waals surface area contributed by atoms with Gasteiger partial charge in [-0.15, -0.1) is 11.6 Å². The molecular weight excluding hydrogens is 238 g/mol. The van der Waals surface area contributed by atoms with Crippen molar-refractivity contribution in [1.82, 2.24) is 10.3 Å². The van der Waals surface area contributed by atoms with Gasteiger partial charge in [-0.05, 0) is 32.4 Å². The highest BCUT2D eigenvalue weighted by Crippen LogP contribution is 2.10. The zero-order chi connectivity index (χ0) is 12.9. The fourth-order valence-electron chi connectivity index (χ4n) is 1.26. The van der Waals surface area contributed by atoms with Crippen LogP contribution in [0.2, 0.25) is 0 Å². The molecule has 17 heavy (non-hydrogen) atoms. The Morgan fingerprint density at radius 1 is 1.59 bits per heavy atom. The van der Waals surface area contributed by atoms with Gasteiger partial charge < -0.3 is 5.32 Å². The van der Waals surface area contributed by atoms with Gasteiger partial charge in [-0.3, -0.25) is 4.79 Å². The largest absolute Gasteiger partial charge is 0.346 e. The van der Waals surface area contributed by atoms with Crippen LogP contribution in [0.1, 0.15) is 36.3 Å². The Hall–Kier alpha value is -1.60. The number of carbonyl (C=O) groups is 1. The van der Waals surface area contributed by atoms with E-state index in [1.165, 1.54) is 12.3 Å². The fourth-order valence-corrected chi connectivity index (χ4v) is 1.74. The summed E-state index contributed by atoms with van der Waals surface area (Å²) in [6.07, 6.45) is 2.06. The van der Waals surface area contributed by atoms with E-state index in [0.717, 1.165) is 0 Å². The Balaban J connectivity index is 2.73. The topological polar surface area (TPSA) is 65.8 Å². The number of pyridine rings is 1. The summed E-state index contributed by atoms with van der Waals surface area (Å²) < 4.78 is 0. The van der Waals surface area contributed by atoms with E-state index in [0.29, 0.717) is 23.6 Å². The van der Waals surface area contributed by atoms with Gasteiger partial charge >= 0.3 is 0 Å². The van der Waals surface area contributed by atoms with Crippen LogP contribution in [-0.2, 0) is 0 Å². The van der Waals surface area contributed by atoms with Crippen molar-refractivity contribution in [2.24, 2.45) is 0 Å². The van der Waals surface area contributed by atoms with Crippen molar-refractivity contribution in [3.8, 4) is 6.07 Å². The molecule has 0 unspecified atom stereocenters. The van der Waals surface area contributed by atoms with Gasteiger partial charge in [0.2, 0.25) is 0 Å². The molecule has 1 aromatic heterocycles. The summed E-state index contributed by atoms with van der Waals surface area (Å²) >= 11 is 5.65. The van der Waals surface area contributed by atoms with Crippen molar-refractivity contribution < 1.29 is 4.79 Å². The molecule has 1 rings (SSSR count). The minimum absolute atomic E-state index is 0.260. The van der Waals surface area contributed by atoms with E-state index in [-0.39, 0.29) is 11.4 Å². The quantitative estimate of drug-likeness (QED) is 0.834. The molecule has 0 saturated heterocycles. The Bertz CT molecular complexity index is 434. The van der Waals surface area contributed by atoms with Gasteiger partial charge in [-0.1, -0.05) is 0 Å². The number of rotatable bonds is 4.